The molecule has 36 heavy (non-hydrogen) atoms. The number of morpholine rings is 1. The Morgan fingerprint density at radius 3 is 2.56 bits per heavy atom. The van der Waals surface area contributed by atoms with Gasteiger partial charge in [-0.1, -0.05) is 24.3 Å². The van der Waals surface area contributed by atoms with Crippen LogP contribution in [0.3, 0.4) is 0 Å². The molecule has 4 aromatic heterocycles. The molecule has 1 aromatic carbocycles. The summed E-state index contributed by atoms with van der Waals surface area (Å²) in [5.74, 6) is 1.06. The number of pyridine rings is 1. The first-order valence-electron chi connectivity index (χ1n) is 11.9. The molecule has 0 unspecified atom stereocenters. The van der Waals surface area contributed by atoms with E-state index in [0.29, 0.717) is 26.1 Å². The smallest absolute Gasteiger partial charge is 0.143 e. The highest BCUT2D eigenvalue weighted by molar-refractivity contribution is 5.92. The van der Waals surface area contributed by atoms with E-state index in [1.165, 1.54) is 0 Å². The molecule has 0 amide bonds. The van der Waals surface area contributed by atoms with Crippen LogP contribution in [0.2, 0.25) is 0 Å². The van der Waals surface area contributed by atoms with Crippen molar-refractivity contribution in [2.75, 3.05) is 31.2 Å². The van der Waals surface area contributed by atoms with Crippen molar-refractivity contribution in [1.29, 1.82) is 0 Å². The van der Waals surface area contributed by atoms with Crippen LogP contribution in [-0.4, -0.2) is 62.2 Å². The van der Waals surface area contributed by atoms with Gasteiger partial charge in [0.1, 0.15) is 23.6 Å². The second-order valence-corrected chi connectivity index (χ2v) is 8.85. The van der Waals surface area contributed by atoms with Crippen LogP contribution in [0.1, 0.15) is 11.3 Å². The molecule has 0 saturated carbocycles. The van der Waals surface area contributed by atoms with E-state index in [4.69, 9.17) is 4.74 Å². The number of nitrogens with one attached hydrogen (secondary N) is 2. The van der Waals surface area contributed by atoms with E-state index in [1.54, 1.807) is 18.7 Å². The molecule has 0 radical (unpaired) electrons. The molecular formula is C27H25N7O2. The number of anilines is 1. The van der Waals surface area contributed by atoms with Gasteiger partial charge >= 0.3 is 0 Å². The molecule has 0 aliphatic carbocycles. The van der Waals surface area contributed by atoms with Crippen LogP contribution >= 0.6 is 0 Å². The first kappa shape index (κ1) is 22.1. The van der Waals surface area contributed by atoms with E-state index in [2.05, 4.69) is 41.1 Å². The number of benzene rings is 1. The summed E-state index contributed by atoms with van der Waals surface area (Å²) in [7, 11) is 0. The molecule has 1 aliphatic heterocycles. The minimum absolute atomic E-state index is 0.128. The van der Waals surface area contributed by atoms with Crippen LogP contribution in [0.5, 0.6) is 0 Å². The first-order chi connectivity index (χ1) is 17.7. The van der Waals surface area contributed by atoms with Crippen LogP contribution in [0.4, 0.5) is 5.82 Å². The molecule has 5 aromatic rings. The molecule has 1 aliphatic rings. The Labute approximate surface area is 207 Å². The van der Waals surface area contributed by atoms with Gasteiger partial charge in [0.05, 0.1) is 24.3 Å². The van der Waals surface area contributed by atoms with Gasteiger partial charge in [0, 0.05) is 55.3 Å². The molecule has 0 spiro atoms. The van der Waals surface area contributed by atoms with Crippen LogP contribution in [0.15, 0.2) is 67.3 Å². The van der Waals surface area contributed by atoms with Gasteiger partial charge in [-0.25, -0.2) is 9.97 Å². The number of ether oxygens (including phenoxy) is 1. The SMILES string of the molecule is O=C(Cc1ccc(-c2cc3c(N4CCOCC4)ncnc3[nH]2)cc1)Cc1cc(-c2ccncc2)n[nH]1. The van der Waals surface area contributed by atoms with E-state index >= 15 is 0 Å². The van der Waals surface area contributed by atoms with Gasteiger partial charge in [0.15, 0.2) is 0 Å². The van der Waals surface area contributed by atoms with E-state index in [1.807, 2.05) is 42.5 Å². The molecular weight excluding hydrogens is 454 g/mol. The minimum Gasteiger partial charge on any atom is -0.378 e. The van der Waals surface area contributed by atoms with Crippen molar-refractivity contribution in [3.8, 4) is 22.5 Å². The van der Waals surface area contributed by atoms with Crippen molar-refractivity contribution in [3.05, 3.63) is 78.5 Å². The summed E-state index contributed by atoms with van der Waals surface area (Å²) in [4.78, 5) is 31.3. The van der Waals surface area contributed by atoms with E-state index in [-0.39, 0.29) is 5.78 Å². The second kappa shape index (κ2) is 9.71. The fourth-order valence-electron chi connectivity index (χ4n) is 4.54. The number of aromatic nitrogens is 6. The highest BCUT2D eigenvalue weighted by Crippen LogP contribution is 2.29. The Morgan fingerprint density at radius 1 is 0.944 bits per heavy atom. The quantitative estimate of drug-likeness (QED) is 0.367. The number of H-pyrrole nitrogens is 2. The molecule has 5 heterocycles. The van der Waals surface area contributed by atoms with Crippen molar-refractivity contribution in [2.45, 2.75) is 12.8 Å². The van der Waals surface area contributed by atoms with Gasteiger partial charge in [0.2, 0.25) is 0 Å². The summed E-state index contributed by atoms with van der Waals surface area (Å²) in [5.41, 5.74) is 6.37. The fraction of sp³-hybridized carbons (Fsp3) is 0.222. The highest BCUT2D eigenvalue weighted by atomic mass is 16.5. The van der Waals surface area contributed by atoms with Crippen LogP contribution in [0.25, 0.3) is 33.5 Å². The zero-order valence-electron chi connectivity index (χ0n) is 19.6. The van der Waals surface area contributed by atoms with E-state index in [9.17, 15) is 4.79 Å². The Hall–Kier alpha value is -4.37. The normalized spacial score (nSPS) is 13.8. The summed E-state index contributed by atoms with van der Waals surface area (Å²) in [6, 6.07) is 15.9. The lowest BCUT2D eigenvalue weighted by Crippen LogP contribution is -2.36. The summed E-state index contributed by atoms with van der Waals surface area (Å²) >= 11 is 0. The maximum absolute atomic E-state index is 12.7. The molecule has 0 atom stereocenters. The molecule has 180 valence electrons. The lowest BCUT2D eigenvalue weighted by molar-refractivity contribution is -0.117. The number of aromatic amines is 2. The summed E-state index contributed by atoms with van der Waals surface area (Å²) in [5, 5.41) is 8.29. The average Bonchev–Trinajstić information content (AvgIpc) is 3.57. The Kier molecular flexibility index (Phi) is 5.96. The van der Waals surface area contributed by atoms with Crippen LogP contribution in [-0.2, 0) is 22.4 Å². The van der Waals surface area contributed by atoms with Crippen molar-refractivity contribution < 1.29 is 9.53 Å². The summed E-state index contributed by atoms with van der Waals surface area (Å²) < 4.78 is 5.48. The Balaban J connectivity index is 1.14. The van der Waals surface area contributed by atoms with Crippen molar-refractivity contribution >= 4 is 22.6 Å². The third kappa shape index (κ3) is 4.60. The summed E-state index contributed by atoms with van der Waals surface area (Å²) in [6.45, 7) is 3.04. The number of carbonyl (C=O) groups is 1. The van der Waals surface area contributed by atoms with Crippen molar-refractivity contribution in [1.82, 2.24) is 30.1 Å². The molecule has 6 rings (SSSR count). The van der Waals surface area contributed by atoms with Gasteiger partial charge < -0.3 is 14.6 Å². The van der Waals surface area contributed by atoms with Gasteiger partial charge in [-0.15, -0.1) is 0 Å². The monoisotopic (exact) mass is 479 g/mol. The summed E-state index contributed by atoms with van der Waals surface area (Å²) in [6.07, 6.45) is 5.73. The van der Waals surface area contributed by atoms with Gasteiger partial charge in [0.25, 0.3) is 0 Å². The third-order valence-corrected chi connectivity index (χ3v) is 6.38. The molecule has 1 saturated heterocycles. The van der Waals surface area contributed by atoms with Gasteiger partial charge in [-0.3, -0.25) is 14.9 Å². The van der Waals surface area contributed by atoms with Crippen LogP contribution in [0, 0.1) is 0 Å². The van der Waals surface area contributed by atoms with Crippen molar-refractivity contribution in [3.63, 3.8) is 0 Å². The number of hydrogen-bond donors (Lipinski definition) is 2. The number of hydrogen-bond acceptors (Lipinski definition) is 7. The third-order valence-electron chi connectivity index (χ3n) is 6.38. The maximum atomic E-state index is 12.7. The van der Waals surface area contributed by atoms with Gasteiger partial charge in [-0.05, 0) is 35.4 Å². The van der Waals surface area contributed by atoms with E-state index < -0.39 is 0 Å². The molecule has 2 N–H and O–H groups in total. The Morgan fingerprint density at radius 2 is 1.75 bits per heavy atom. The van der Waals surface area contributed by atoms with Gasteiger partial charge in [-0.2, -0.15) is 5.10 Å². The first-order valence-corrected chi connectivity index (χ1v) is 11.9. The molecule has 9 nitrogen and oxygen atoms in total. The largest absolute Gasteiger partial charge is 0.378 e. The number of fused-ring (bicyclic) bond motifs is 1. The number of nitrogens with zero attached hydrogens (tertiary/aromatic N) is 5. The average molecular weight is 480 g/mol. The van der Waals surface area contributed by atoms with Crippen molar-refractivity contribution in [2.24, 2.45) is 0 Å². The second-order valence-electron chi connectivity index (χ2n) is 8.85. The highest BCUT2D eigenvalue weighted by Gasteiger charge is 2.17. The lowest BCUT2D eigenvalue weighted by atomic mass is 10.0. The minimum atomic E-state index is 0.128. The standard InChI is InChI=1S/C27H25N7O2/c35-22(14-21-15-25(33-32-21)20-5-7-28-8-6-20)13-18-1-3-19(4-2-18)24-16-23-26(31-24)29-17-30-27(23)34-9-11-36-12-10-34/h1-8,15-17H,9-14H2,(H,32,33)(H,29,30,31). The Bertz CT molecular complexity index is 1490. The van der Waals surface area contributed by atoms with Crippen LogP contribution < -0.4 is 4.90 Å². The number of rotatable bonds is 7. The van der Waals surface area contributed by atoms with E-state index in [0.717, 1.165) is 63.7 Å². The predicted octanol–water partition coefficient (Wildman–Crippen LogP) is 3.60. The lowest BCUT2D eigenvalue weighted by Gasteiger charge is -2.27. The number of Topliss-reactive ketones (excluding diaryl/α,β-unsaturated/α-hetero) is 1. The molecule has 9 heteroatoms. The maximum Gasteiger partial charge on any atom is 0.143 e. The molecule has 1 fully saturated rings. The zero-order chi connectivity index (χ0) is 24.3. The number of ketones is 1. The number of carbonyl (C=O) groups excluding carboxylic acids is 1. The predicted molar refractivity (Wildman–Crippen MR) is 137 cm³/mol. The molecule has 0 bridgehead atoms. The zero-order valence-corrected chi connectivity index (χ0v) is 19.6. The fourth-order valence-corrected chi connectivity index (χ4v) is 4.54. The topological polar surface area (TPSA) is 113 Å².